The van der Waals surface area contributed by atoms with E-state index in [0.717, 1.165) is 0 Å². The minimum absolute atomic E-state index is 0.132. The highest BCUT2D eigenvalue weighted by atomic mass is 32.2. The van der Waals surface area contributed by atoms with E-state index in [0.29, 0.717) is 17.1 Å². The second-order valence-corrected chi connectivity index (χ2v) is 7.25. The van der Waals surface area contributed by atoms with Crippen molar-refractivity contribution in [3.8, 4) is 5.75 Å². The molecule has 6 heteroatoms. The number of phenols is 1. The fourth-order valence-electron chi connectivity index (χ4n) is 2.45. The first-order valence-electron chi connectivity index (χ1n) is 7.95. The smallest absolute Gasteiger partial charge is 0.284 e. The van der Waals surface area contributed by atoms with Crippen LogP contribution in [0.1, 0.15) is 5.56 Å². The Morgan fingerprint density at radius 3 is 1.96 bits per heavy atom. The molecule has 0 amide bonds. The maximum atomic E-state index is 12.8. The second-order valence-electron chi connectivity index (χ2n) is 5.64. The molecule has 0 heterocycles. The van der Waals surface area contributed by atoms with Crippen LogP contribution in [-0.4, -0.2) is 26.4 Å². The molecule has 0 bridgehead atoms. The number of benzene rings is 3. The molecule has 0 spiro atoms. The zero-order chi connectivity index (χ0) is 18.6. The molecule has 0 aliphatic heterocycles. The van der Waals surface area contributed by atoms with Crippen molar-refractivity contribution in [2.45, 2.75) is 4.90 Å². The van der Waals surface area contributed by atoms with Crippen molar-refractivity contribution in [1.82, 2.24) is 0 Å². The SMILES string of the molecule is CN(/C(=N/S(=O)(=O)c1ccccc1)c1ccccc1)c1ccc(O)cc1. The highest BCUT2D eigenvalue weighted by Crippen LogP contribution is 2.21. The molecule has 132 valence electrons. The first-order chi connectivity index (χ1) is 12.5. The molecule has 5 nitrogen and oxygen atoms in total. The van der Waals surface area contributed by atoms with E-state index in [1.54, 1.807) is 66.5 Å². The molecular formula is C20H18N2O3S. The number of nitrogens with zero attached hydrogens (tertiary/aromatic N) is 2. The van der Waals surface area contributed by atoms with Crippen LogP contribution in [0, 0.1) is 0 Å². The summed E-state index contributed by atoms with van der Waals surface area (Å²) >= 11 is 0. The molecule has 3 aromatic carbocycles. The molecule has 3 aromatic rings. The first kappa shape index (κ1) is 17.7. The lowest BCUT2D eigenvalue weighted by Gasteiger charge is -2.21. The van der Waals surface area contributed by atoms with Crippen LogP contribution in [0.2, 0.25) is 0 Å². The summed E-state index contributed by atoms with van der Waals surface area (Å²) in [5.41, 5.74) is 1.37. The third-order valence-electron chi connectivity index (χ3n) is 3.83. The summed E-state index contributed by atoms with van der Waals surface area (Å²) in [6, 6.07) is 23.7. The molecule has 1 N–H and O–H groups in total. The third kappa shape index (κ3) is 3.92. The molecular weight excluding hydrogens is 348 g/mol. The highest BCUT2D eigenvalue weighted by Gasteiger charge is 2.18. The third-order valence-corrected chi connectivity index (χ3v) is 5.12. The topological polar surface area (TPSA) is 70.0 Å². The van der Waals surface area contributed by atoms with Gasteiger partial charge in [0.1, 0.15) is 5.75 Å². The number of rotatable bonds is 4. The maximum absolute atomic E-state index is 12.8. The lowest BCUT2D eigenvalue weighted by molar-refractivity contribution is 0.475. The van der Waals surface area contributed by atoms with Gasteiger partial charge in [0.05, 0.1) is 4.90 Å². The van der Waals surface area contributed by atoms with Gasteiger partial charge in [-0.15, -0.1) is 4.40 Å². The van der Waals surface area contributed by atoms with Crippen LogP contribution in [0.3, 0.4) is 0 Å². The van der Waals surface area contributed by atoms with E-state index < -0.39 is 10.0 Å². The van der Waals surface area contributed by atoms with Crippen LogP contribution in [0.25, 0.3) is 0 Å². The van der Waals surface area contributed by atoms with Gasteiger partial charge in [0.15, 0.2) is 5.84 Å². The van der Waals surface area contributed by atoms with E-state index in [1.165, 1.54) is 12.1 Å². The van der Waals surface area contributed by atoms with E-state index in [4.69, 9.17) is 0 Å². The lowest BCUT2D eigenvalue weighted by Crippen LogP contribution is -2.28. The van der Waals surface area contributed by atoms with Gasteiger partial charge in [-0.1, -0.05) is 48.5 Å². The Morgan fingerprint density at radius 1 is 0.846 bits per heavy atom. The maximum Gasteiger partial charge on any atom is 0.284 e. The summed E-state index contributed by atoms with van der Waals surface area (Å²) in [5.74, 6) is 0.428. The molecule has 0 unspecified atom stereocenters. The second kappa shape index (κ2) is 7.41. The Kier molecular flexibility index (Phi) is 5.04. The van der Waals surface area contributed by atoms with E-state index in [9.17, 15) is 13.5 Å². The van der Waals surface area contributed by atoms with Gasteiger partial charge in [0, 0.05) is 18.3 Å². The normalized spacial score (nSPS) is 12.0. The van der Waals surface area contributed by atoms with Crippen molar-refractivity contribution in [2.75, 3.05) is 11.9 Å². The van der Waals surface area contributed by atoms with Gasteiger partial charge < -0.3 is 10.0 Å². The number of phenolic OH excluding ortho intramolecular Hbond substituents is 1. The van der Waals surface area contributed by atoms with Crippen LogP contribution >= 0.6 is 0 Å². The Labute approximate surface area is 152 Å². The Bertz CT molecular complexity index is 1000. The summed E-state index contributed by atoms with van der Waals surface area (Å²) in [6.45, 7) is 0. The van der Waals surface area contributed by atoms with E-state index in [-0.39, 0.29) is 10.6 Å². The van der Waals surface area contributed by atoms with Crippen molar-refractivity contribution >= 4 is 21.5 Å². The predicted octanol–water partition coefficient (Wildman–Crippen LogP) is 3.66. The predicted molar refractivity (Wildman–Crippen MR) is 103 cm³/mol. The van der Waals surface area contributed by atoms with Crippen molar-refractivity contribution in [1.29, 1.82) is 0 Å². The molecule has 0 aromatic heterocycles. The Balaban J connectivity index is 2.11. The van der Waals surface area contributed by atoms with E-state index in [2.05, 4.69) is 4.40 Å². The molecule has 26 heavy (non-hydrogen) atoms. The Morgan fingerprint density at radius 2 is 1.38 bits per heavy atom. The summed E-state index contributed by atoms with van der Waals surface area (Å²) < 4.78 is 29.6. The average molecular weight is 366 g/mol. The van der Waals surface area contributed by atoms with Gasteiger partial charge in [0.2, 0.25) is 0 Å². The number of amidine groups is 1. The van der Waals surface area contributed by atoms with Gasteiger partial charge >= 0.3 is 0 Å². The van der Waals surface area contributed by atoms with Crippen LogP contribution in [0.5, 0.6) is 5.75 Å². The number of hydrogen-bond acceptors (Lipinski definition) is 3. The van der Waals surface area contributed by atoms with Gasteiger partial charge in [0.25, 0.3) is 10.0 Å². The van der Waals surface area contributed by atoms with Gasteiger partial charge in [-0.05, 0) is 36.4 Å². The summed E-state index contributed by atoms with van der Waals surface area (Å²) in [7, 11) is -2.14. The van der Waals surface area contributed by atoms with Crippen LogP contribution in [0.4, 0.5) is 5.69 Å². The zero-order valence-electron chi connectivity index (χ0n) is 14.1. The molecule has 0 saturated carbocycles. The fraction of sp³-hybridized carbons (Fsp3) is 0.0500. The van der Waals surface area contributed by atoms with E-state index in [1.807, 2.05) is 18.2 Å². The fourth-order valence-corrected chi connectivity index (χ4v) is 3.51. The number of hydrogen-bond donors (Lipinski definition) is 1. The minimum atomic E-state index is -3.87. The number of sulfonamides is 1. The van der Waals surface area contributed by atoms with Gasteiger partial charge in [-0.3, -0.25) is 0 Å². The van der Waals surface area contributed by atoms with Crippen molar-refractivity contribution in [2.24, 2.45) is 4.40 Å². The van der Waals surface area contributed by atoms with Gasteiger partial charge in [-0.2, -0.15) is 8.42 Å². The summed E-state index contributed by atoms with van der Waals surface area (Å²) in [5, 5.41) is 9.48. The number of aromatic hydroxyl groups is 1. The molecule has 0 saturated heterocycles. The van der Waals surface area contributed by atoms with Crippen molar-refractivity contribution < 1.29 is 13.5 Å². The van der Waals surface area contributed by atoms with Crippen LogP contribution in [-0.2, 0) is 10.0 Å². The van der Waals surface area contributed by atoms with Gasteiger partial charge in [-0.25, -0.2) is 0 Å². The minimum Gasteiger partial charge on any atom is -0.508 e. The molecule has 0 radical (unpaired) electrons. The van der Waals surface area contributed by atoms with Crippen LogP contribution in [0.15, 0.2) is 94.2 Å². The Hall–Kier alpha value is -3.12. The molecule has 0 atom stereocenters. The molecule has 0 aliphatic carbocycles. The average Bonchev–Trinajstić information content (AvgIpc) is 2.68. The zero-order valence-corrected chi connectivity index (χ0v) is 15.0. The standard InChI is InChI=1S/C20H18N2O3S/c1-22(17-12-14-18(23)15-13-17)20(16-8-4-2-5-9-16)21-26(24,25)19-10-6-3-7-11-19/h2-15,23H,1H3/b21-20+. The summed E-state index contributed by atoms with van der Waals surface area (Å²) in [6.07, 6.45) is 0. The largest absolute Gasteiger partial charge is 0.508 e. The highest BCUT2D eigenvalue weighted by molar-refractivity contribution is 7.90. The quantitative estimate of drug-likeness (QED) is 0.565. The van der Waals surface area contributed by atoms with Crippen molar-refractivity contribution in [3.63, 3.8) is 0 Å². The lowest BCUT2D eigenvalue weighted by atomic mass is 10.2. The first-order valence-corrected chi connectivity index (χ1v) is 9.39. The molecule has 3 rings (SSSR count). The number of anilines is 1. The monoisotopic (exact) mass is 366 g/mol. The van der Waals surface area contributed by atoms with Crippen LogP contribution < -0.4 is 4.90 Å². The summed E-state index contributed by atoms with van der Waals surface area (Å²) in [4.78, 5) is 1.81. The van der Waals surface area contributed by atoms with Crippen molar-refractivity contribution in [3.05, 3.63) is 90.5 Å². The molecule has 0 aliphatic rings. The molecule has 0 fully saturated rings. The van der Waals surface area contributed by atoms with E-state index >= 15 is 0 Å².